The quantitative estimate of drug-likeness (QED) is 0.538. The van der Waals surface area contributed by atoms with Crippen molar-refractivity contribution in [3.63, 3.8) is 0 Å². The van der Waals surface area contributed by atoms with Crippen LogP contribution in [0.15, 0.2) is 30.5 Å². The third-order valence-electron chi connectivity index (χ3n) is 5.89. The fraction of sp³-hybridized carbons (Fsp3) is 0.400. The first-order valence-corrected chi connectivity index (χ1v) is 9.41. The van der Waals surface area contributed by atoms with Crippen molar-refractivity contribution in [2.75, 3.05) is 13.1 Å². The Morgan fingerprint density at radius 2 is 1.56 bits per heavy atom. The summed E-state index contributed by atoms with van der Waals surface area (Å²) in [5.41, 5.74) is 1.69. The van der Waals surface area contributed by atoms with Crippen molar-refractivity contribution in [1.29, 1.82) is 0 Å². The summed E-state index contributed by atoms with van der Waals surface area (Å²) in [6.45, 7) is 3.01. The zero-order valence-electron chi connectivity index (χ0n) is 16.8. The van der Waals surface area contributed by atoms with Gasteiger partial charge in [-0.05, 0) is 18.9 Å². The van der Waals surface area contributed by atoms with Gasteiger partial charge in [-0.25, -0.2) is 4.79 Å². The Morgan fingerprint density at radius 1 is 1.06 bits per heavy atom. The van der Waals surface area contributed by atoms with Crippen LogP contribution in [0.1, 0.15) is 17.5 Å². The molecule has 0 unspecified atom stereocenters. The highest BCUT2D eigenvalue weighted by Crippen LogP contribution is 2.68. The molecule has 1 aromatic carbocycles. The zero-order chi connectivity index (χ0) is 23.9. The number of nitrogens with one attached hydrogen (secondary N) is 1. The number of aryl methyl sites for hydroxylation is 1. The highest BCUT2D eigenvalue weighted by molar-refractivity contribution is 5.94. The number of fused-ring (bicyclic) bond motifs is 1. The van der Waals surface area contributed by atoms with Gasteiger partial charge in [0.2, 0.25) is 0 Å². The second-order valence-corrected chi connectivity index (χ2v) is 8.04. The van der Waals surface area contributed by atoms with Crippen LogP contribution >= 0.6 is 0 Å². The number of H-pyrrole nitrogens is 1. The number of hydrogen-bond acceptors (Lipinski definition) is 5. The fourth-order valence-corrected chi connectivity index (χ4v) is 4.15. The van der Waals surface area contributed by atoms with E-state index in [1.165, 1.54) is 0 Å². The molecule has 4 rings (SSSR count). The topological polar surface area (TPSA) is 144 Å². The molecule has 1 aromatic heterocycles. The molecule has 1 aliphatic heterocycles. The molecule has 172 valence electrons. The number of aromatic nitrogens is 2. The molecule has 0 bridgehead atoms. The first-order chi connectivity index (χ1) is 14.8. The SMILES string of the molecule is Cc1ccc(-c2[nH]ncc2CN2C[C@@]3(C(=O)O)C[C@@]3(C(=O)O)C2)cc1.O=C(O)C(F)(F)F. The van der Waals surface area contributed by atoms with Gasteiger partial charge in [0.1, 0.15) is 0 Å². The van der Waals surface area contributed by atoms with E-state index >= 15 is 0 Å². The lowest BCUT2D eigenvalue weighted by Gasteiger charge is -2.19. The van der Waals surface area contributed by atoms with Crippen molar-refractivity contribution in [3.8, 4) is 11.3 Å². The lowest BCUT2D eigenvalue weighted by Crippen LogP contribution is -2.28. The molecule has 0 amide bonds. The summed E-state index contributed by atoms with van der Waals surface area (Å²) in [5, 5.41) is 33.3. The average Bonchev–Trinajstić information content (AvgIpc) is 2.98. The fourth-order valence-electron chi connectivity index (χ4n) is 4.15. The van der Waals surface area contributed by atoms with Gasteiger partial charge in [-0.15, -0.1) is 0 Å². The molecular formula is C20H20F3N3O6. The summed E-state index contributed by atoms with van der Waals surface area (Å²) in [5.74, 6) is -4.78. The Labute approximate surface area is 179 Å². The number of alkyl halides is 3. The highest BCUT2D eigenvalue weighted by Gasteiger charge is 2.80. The van der Waals surface area contributed by atoms with Crippen LogP contribution in [0.2, 0.25) is 0 Å². The van der Waals surface area contributed by atoms with Crippen LogP contribution in [0, 0.1) is 17.8 Å². The van der Waals surface area contributed by atoms with E-state index in [0.717, 1.165) is 22.4 Å². The molecular weight excluding hydrogens is 435 g/mol. The molecule has 9 nitrogen and oxygen atoms in total. The number of carboxylic acid groups (broad SMARTS) is 3. The van der Waals surface area contributed by atoms with Crippen molar-refractivity contribution < 1.29 is 42.9 Å². The number of likely N-dealkylation sites (tertiary alicyclic amines) is 1. The average molecular weight is 455 g/mol. The molecule has 2 fully saturated rings. The molecule has 12 heteroatoms. The minimum Gasteiger partial charge on any atom is -0.481 e. The molecule has 32 heavy (non-hydrogen) atoms. The highest BCUT2D eigenvalue weighted by atomic mass is 19.4. The van der Waals surface area contributed by atoms with Gasteiger partial charge in [0, 0.05) is 25.2 Å². The van der Waals surface area contributed by atoms with Crippen LogP contribution in [0.3, 0.4) is 0 Å². The number of carbonyl (C=O) groups is 3. The minimum absolute atomic E-state index is 0.220. The number of benzene rings is 1. The van der Waals surface area contributed by atoms with Crippen LogP contribution in [0.4, 0.5) is 13.2 Å². The molecule has 4 N–H and O–H groups in total. The second-order valence-electron chi connectivity index (χ2n) is 8.04. The minimum atomic E-state index is -5.08. The maximum absolute atomic E-state index is 11.6. The van der Waals surface area contributed by atoms with Gasteiger partial charge in [0.15, 0.2) is 0 Å². The van der Waals surface area contributed by atoms with E-state index in [2.05, 4.69) is 10.2 Å². The molecule has 1 aliphatic carbocycles. The Kier molecular flexibility index (Phi) is 5.77. The van der Waals surface area contributed by atoms with Crippen molar-refractivity contribution in [3.05, 3.63) is 41.6 Å². The molecule has 2 aromatic rings. The van der Waals surface area contributed by atoms with E-state index < -0.39 is 34.9 Å². The smallest absolute Gasteiger partial charge is 0.481 e. The lowest BCUT2D eigenvalue weighted by atomic mass is 9.97. The summed E-state index contributed by atoms with van der Waals surface area (Å²) in [7, 11) is 0. The number of nitrogens with zero attached hydrogens (tertiary/aromatic N) is 2. The predicted molar refractivity (Wildman–Crippen MR) is 102 cm³/mol. The van der Waals surface area contributed by atoms with E-state index in [1.54, 1.807) is 6.20 Å². The molecule has 2 atom stereocenters. The maximum Gasteiger partial charge on any atom is 0.490 e. The van der Waals surface area contributed by atoms with E-state index in [0.29, 0.717) is 6.54 Å². The number of carboxylic acids is 3. The van der Waals surface area contributed by atoms with Gasteiger partial charge < -0.3 is 15.3 Å². The van der Waals surface area contributed by atoms with Gasteiger partial charge in [-0.2, -0.15) is 18.3 Å². The second kappa shape index (κ2) is 7.93. The predicted octanol–water partition coefficient (Wildman–Crippen LogP) is 2.38. The molecule has 2 aliphatic rings. The van der Waals surface area contributed by atoms with Crippen molar-refractivity contribution >= 4 is 17.9 Å². The van der Waals surface area contributed by atoms with E-state index in [4.69, 9.17) is 9.90 Å². The Morgan fingerprint density at radius 3 is 2.00 bits per heavy atom. The largest absolute Gasteiger partial charge is 0.490 e. The van der Waals surface area contributed by atoms with Gasteiger partial charge in [0.25, 0.3) is 0 Å². The van der Waals surface area contributed by atoms with Crippen molar-refractivity contribution in [2.24, 2.45) is 10.8 Å². The van der Waals surface area contributed by atoms with Crippen LogP contribution < -0.4 is 0 Å². The van der Waals surface area contributed by atoms with Crippen LogP contribution in [0.25, 0.3) is 11.3 Å². The first-order valence-electron chi connectivity index (χ1n) is 9.41. The number of piperidine rings is 1. The monoisotopic (exact) mass is 455 g/mol. The van der Waals surface area contributed by atoms with E-state index in [9.17, 15) is 33.0 Å². The van der Waals surface area contributed by atoms with Crippen molar-refractivity contribution in [1.82, 2.24) is 15.1 Å². The Hall–Kier alpha value is -3.41. The van der Waals surface area contributed by atoms with Crippen molar-refractivity contribution in [2.45, 2.75) is 26.1 Å². The first kappa shape index (κ1) is 23.3. The Bertz CT molecular complexity index is 1020. The Balaban J connectivity index is 0.000000360. The summed E-state index contributed by atoms with van der Waals surface area (Å²) in [6, 6.07) is 8.05. The third-order valence-corrected chi connectivity index (χ3v) is 5.89. The molecule has 1 saturated carbocycles. The molecule has 1 saturated heterocycles. The third kappa shape index (κ3) is 4.05. The van der Waals surface area contributed by atoms with Gasteiger partial charge >= 0.3 is 24.1 Å². The summed E-state index contributed by atoms with van der Waals surface area (Å²) in [4.78, 5) is 34.1. The van der Waals surface area contributed by atoms with Crippen LogP contribution in [-0.4, -0.2) is 67.6 Å². The standard InChI is InChI=1S/C18H19N3O4.C2HF3O2/c1-11-2-4-12(5-3-11)14-13(6-19-20-14)7-21-9-17(15(22)23)8-18(17,10-21)16(24)25;3-2(4,5)1(6)7/h2-6H,7-10H2,1H3,(H,19,20)(H,22,23)(H,24,25);(H,6,7)/t17-,18+;. The zero-order valence-corrected chi connectivity index (χ0v) is 16.8. The maximum atomic E-state index is 11.6. The summed E-state index contributed by atoms with van der Waals surface area (Å²) < 4.78 is 31.7. The van der Waals surface area contributed by atoms with Crippen LogP contribution in [0.5, 0.6) is 0 Å². The normalized spacial score (nSPS) is 24.2. The number of aliphatic carboxylic acids is 3. The summed E-state index contributed by atoms with van der Waals surface area (Å²) in [6.07, 6.45) is -3.14. The number of hydrogen-bond donors (Lipinski definition) is 4. The van der Waals surface area contributed by atoms with Gasteiger partial charge in [-0.3, -0.25) is 19.6 Å². The van der Waals surface area contributed by atoms with Crippen LogP contribution in [-0.2, 0) is 20.9 Å². The number of rotatable bonds is 5. The van der Waals surface area contributed by atoms with Gasteiger partial charge in [0.05, 0.1) is 22.7 Å². The molecule has 0 radical (unpaired) electrons. The van der Waals surface area contributed by atoms with E-state index in [1.807, 2.05) is 36.1 Å². The lowest BCUT2D eigenvalue weighted by molar-refractivity contribution is -0.192. The number of halogens is 3. The molecule has 2 heterocycles. The number of aromatic amines is 1. The van der Waals surface area contributed by atoms with E-state index in [-0.39, 0.29) is 19.5 Å². The molecule has 0 spiro atoms. The summed E-state index contributed by atoms with van der Waals surface area (Å²) >= 11 is 0. The van der Waals surface area contributed by atoms with Gasteiger partial charge in [-0.1, -0.05) is 29.8 Å².